The van der Waals surface area contributed by atoms with E-state index in [-0.39, 0.29) is 30.4 Å². The highest BCUT2D eigenvalue weighted by atomic mass is 16.2. The molecule has 2 bridgehead atoms. The fraction of sp³-hybridized carbons (Fsp3) is 0.867. The highest BCUT2D eigenvalue weighted by Gasteiger charge is 2.44. The highest BCUT2D eigenvalue weighted by Crippen LogP contribution is 2.36. The van der Waals surface area contributed by atoms with Crippen molar-refractivity contribution in [3.05, 3.63) is 0 Å². The van der Waals surface area contributed by atoms with Crippen molar-refractivity contribution in [2.45, 2.75) is 69.6 Å². The van der Waals surface area contributed by atoms with Crippen LogP contribution in [0.2, 0.25) is 0 Å². The second-order valence-electron chi connectivity index (χ2n) is 6.47. The number of piperazine rings is 1. The highest BCUT2D eigenvalue weighted by molar-refractivity contribution is 5.95. The number of nitrogens with zero attached hydrogens (tertiary/aromatic N) is 2. The predicted octanol–water partition coefficient (Wildman–Crippen LogP) is 0.739. The smallest absolute Gasteiger partial charge is 0.243 e. The van der Waals surface area contributed by atoms with Crippen molar-refractivity contribution in [2.24, 2.45) is 0 Å². The van der Waals surface area contributed by atoms with E-state index >= 15 is 0 Å². The minimum Gasteiger partial charge on any atom is -0.345 e. The third-order valence-electron chi connectivity index (χ3n) is 5.44. The number of carbonyl (C=O) groups excluding carboxylic acids is 2. The van der Waals surface area contributed by atoms with Gasteiger partial charge in [-0.2, -0.15) is 0 Å². The average Bonchev–Trinajstić information content (AvgIpc) is 2.41. The number of amides is 2. The van der Waals surface area contributed by atoms with E-state index in [1.54, 1.807) is 0 Å². The van der Waals surface area contributed by atoms with Crippen LogP contribution in [0.15, 0.2) is 0 Å². The summed E-state index contributed by atoms with van der Waals surface area (Å²) < 4.78 is 0. The lowest BCUT2D eigenvalue weighted by molar-refractivity contribution is -0.151. The van der Waals surface area contributed by atoms with Gasteiger partial charge in [-0.3, -0.25) is 9.59 Å². The summed E-state index contributed by atoms with van der Waals surface area (Å²) in [6.07, 6.45) is 6.53. The van der Waals surface area contributed by atoms with Gasteiger partial charge in [0.05, 0.1) is 6.54 Å². The Morgan fingerprint density at radius 3 is 2.40 bits per heavy atom. The number of fused-ring (bicyclic) bond motifs is 2. The quantitative estimate of drug-likeness (QED) is 0.811. The largest absolute Gasteiger partial charge is 0.345 e. The molecule has 0 radical (unpaired) electrons. The zero-order valence-electron chi connectivity index (χ0n) is 12.5. The monoisotopic (exact) mass is 279 g/mol. The maximum absolute atomic E-state index is 12.3. The van der Waals surface area contributed by atoms with Crippen LogP contribution in [0.3, 0.4) is 0 Å². The van der Waals surface area contributed by atoms with Crippen molar-refractivity contribution in [2.75, 3.05) is 13.6 Å². The Morgan fingerprint density at radius 1 is 1.15 bits per heavy atom. The van der Waals surface area contributed by atoms with Crippen LogP contribution < -0.4 is 5.32 Å². The summed E-state index contributed by atoms with van der Waals surface area (Å²) in [6, 6.07) is 1.17. The number of carbonyl (C=O) groups is 2. The van der Waals surface area contributed by atoms with E-state index in [1.165, 1.54) is 19.3 Å². The van der Waals surface area contributed by atoms with Crippen LogP contribution >= 0.6 is 0 Å². The first-order valence-corrected chi connectivity index (χ1v) is 7.92. The van der Waals surface area contributed by atoms with Crippen molar-refractivity contribution in [3.63, 3.8) is 0 Å². The summed E-state index contributed by atoms with van der Waals surface area (Å²) in [5.74, 6) is 0.125. The van der Waals surface area contributed by atoms with Crippen molar-refractivity contribution < 1.29 is 9.59 Å². The molecule has 5 heteroatoms. The lowest BCUT2D eigenvalue weighted by atomic mass is 9.81. The zero-order valence-corrected chi connectivity index (χ0v) is 12.5. The first kappa shape index (κ1) is 13.9. The van der Waals surface area contributed by atoms with Crippen molar-refractivity contribution in [1.29, 1.82) is 0 Å². The van der Waals surface area contributed by atoms with Crippen LogP contribution in [0.5, 0.6) is 0 Å². The molecule has 0 aliphatic carbocycles. The lowest BCUT2D eigenvalue weighted by Crippen LogP contribution is -2.65. The molecule has 3 heterocycles. The molecule has 0 aromatic rings. The van der Waals surface area contributed by atoms with Crippen LogP contribution in [0, 0.1) is 0 Å². The molecule has 1 N–H and O–H groups in total. The molecule has 0 aromatic heterocycles. The Hall–Kier alpha value is -1.10. The van der Waals surface area contributed by atoms with E-state index in [9.17, 15) is 9.59 Å². The average molecular weight is 279 g/mol. The number of rotatable bonds is 2. The molecule has 0 aromatic carbocycles. The van der Waals surface area contributed by atoms with Crippen molar-refractivity contribution in [1.82, 2.24) is 15.1 Å². The van der Waals surface area contributed by atoms with Gasteiger partial charge in [-0.05, 0) is 39.2 Å². The van der Waals surface area contributed by atoms with Gasteiger partial charge >= 0.3 is 0 Å². The summed E-state index contributed by atoms with van der Waals surface area (Å²) in [5, 5.41) is 2.72. The maximum Gasteiger partial charge on any atom is 0.243 e. The van der Waals surface area contributed by atoms with E-state index in [0.717, 1.165) is 12.8 Å². The van der Waals surface area contributed by atoms with Gasteiger partial charge in [-0.15, -0.1) is 0 Å². The summed E-state index contributed by atoms with van der Waals surface area (Å²) >= 11 is 0. The molecule has 2 amide bonds. The molecule has 5 nitrogen and oxygen atoms in total. The SMILES string of the molecule is CCC1C(=O)NCC(=O)N1C1CC2CCCC(C1)N2C. The molecule has 112 valence electrons. The number of piperidine rings is 2. The molecule has 20 heavy (non-hydrogen) atoms. The summed E-state index contributed by atoms with van der Waals surface area (Å²) in [4.78, 5) is 28.7. The van der Waals surface area contributed by atoms with Crippen LogP contribution in [0.25, 0.3) is 0 Å². The molecule has 3 unspecified atom stereocenters. The van der Waals surface area contributed by atoms with Crippen LogP contribution in [0.4, 0.5) is 0 Å². The number of nitrogens with one attached hydrogen (secondary N) is 1. The zero-order chi connectivity index (χ0) is 14.3. The van der Waals surface area contributed by atoms with Crippen molar-refractivity contribution >= 4 is 11.8 Å². The molecule has 3 fully saturated rings. The van der Waals surface area contributed by atoms with Gasteiger partial charge in [0, 0.05) is 18.1 Å². The van der Waals surface area contributed by atoms with E-state index in [2.05, 4.69) is 17.3 Å². The third kappa shape index (κ3) is 2.22. The molecular formula is C15H25N3O2. The van der Waals surface area contributed by atoms with E-state index in [0.29, 0.717) is 18.5 Å². The molecule has 0 saturated carbocycles. The van der Waals surface area contributed by atoms with Crippen LogP contribution in [-0.2, 0) is 9.59 Å². The standard InChI is InChI=1S/C15H25N3O2/c1-3-13-15(20)16-9-14(19)18(13)12-7-10-5-4-6-11(8-12)17(10)2/h10-13H,3-9H2,1-2H3,(H,16,20). The molecular weight excluding hydrogens is 254 g/mol. The second kappa shape index (κ2) is 5.35. The van der Waals surface area contributed by atoms with Crippen LogP contribution in [-0.4, -0.2) is 59.4 Å². The Balaban J connectivity index is 1.80. The minimum atomic E-state index is -0.259. The van der Waals surface area contributed by atoms with E-state index < -0.39 is 0 Å². The predicted molar refractivity (Wildman–Crippen MR) is 76.1 cm³/mol. The maximum atomic E-state index is 12.3. The minimum absolute atomic E-state index is 0.0242. The second-order valence-corrected chi connectivity index (χ2v) is 6.47. The third-order valence-corrected chi connectivity index (χ3v) is 5.44. The number of hydrogen-bond acceptors (Lipinski definition) is 3. The molecule has 3 rings (SSSR count). The first-order chi connectivity index (χ1) is 9.61. The first-order valence-electron chi connectivity index (χ1n) is 7.92. The van der Waals surface area contributed by atoms with Gasteiger partial charge in [0.15, 0.2) is 0 Å². The van der Waals surface area contributed by atoms with Gasteiger partial charge in [-0.1, -0.05) is 13.3 Å². The van der Waals surface area contributed by atoms with Gasteiger partial charge < -0.3 is 15.1 Å². The molecule has 3 aliphatic rings. The molecule has 0 spiro atoms. The van der Waals surface area contributed by atoms with E-state index in [1.807, 2.05) is 11.8 Å². The van der Waals surface area contributed by atoms with Gasteiger partial charge in [-0.25, -0.2) is 0 Å². The Labute approximate surface area is 120 Å². The molecule has 3 saturated heterocycles. The fourth-order valence-electron chi connectivity index (χ4n) is 4.33. The van der Waals surface area contributed by atoms with E-state index in [4.69, 9.17) is 0 Å². The summed E-state index contributed by atoms with van der Waals surface area (Å²) in [5.41, 5.74) is 0. The summed E-state index contributed by atoms with van der Waals surface area (Å²) in [6.45, 7) is 2.17. The number of hydrogen-bond donors (Lipinski definition) is 1. The lowest BCUT2D eigenvalue weighted by Gasteiger charge is -2.51. The van der Waals surface area contributed by atoms with Gasteiger partial charge in [0.25, 0.3) is 0 Å². The molecule has 3 atom stereocenters. The Kier molecular flexibility index (Phi) is 3.71. The topological polar surface area (TPSA) is 52.7 Å². The van der Waals surface area contributed by atoms with Gasteiger partial charge in [0.2, 0.25) is 11.8 Å². The Morgan fingerprint density at radius 2 is 1.80 bits per heavy atom. The van der Waals surface area contributed by atoms with Gasteiger partial charge in [0.1, 0.15) is 6.04 Å². The fourth-order valence-corrected chi connectivity index (χ4v) is 4.33. The summed E-state index contributed by atoms with van der Waals surface area (Å²) in [7, 11) is 2.22. The Bertz CT molecular complexity index is 398. The molecule has 3 aliphatic heterocycles. The normalized spacial score (nSPS) is 38.8. The van der Waals surface area contributed by atoms with Crippen molar-refractivity contribution in [3.8, 4) is 0 Å². The van der Waals surface area contributed by atoms with Crippen LogP contribution in [0.1, 0.15) is 45.4 Å².